The maximum absolute atomic E-state index is 11.8. The van der Waals surface area contributed by atoms with Crippen molar-refractivity contribution in [2.75, 3.05) is 6.61 Å². The van der Waals surface area contributed by atoms with E-state index < -0.39 is 29.7 Å². The highest BCUT2D eigenvalue weighted by Crippen LogP contribution is 2.27. The highest BCUT2D eigenvalue weighted by atomic mass is 16.5. The number of aromatic amines is 1. The van der Waals surface area contributed by atoms with Gasteiger partial charge in [-0.05, 0) is 0 Å². The molecule has 20 heavy (non-hydrogen) atoms. The number of ether oxygens (including phenoxy) is 1. The molecule has 0 bridgehead atoms. The Bertz CT molecular complexity index is 654. The van der Waals surface area contributed by atoms with Gasteiger partial charge in [-0.1, -0.05) is 5.92 Å². The van der Waals surface area contributed by atoms with Crippen LogP contribution in [-0.4, -0.2) is 38.6 Å². The van der Waals surface area contributed by atoms with Crippen molar-refractivity contribution in [1.82, 2.24) is 9.55 Å². The highest BCUT2D eigenvalue weighted by Gasteiger charge is 2.35. The van der Waals surface area contributed by atoms with Crippen LogP contribution in [-0.2, 0) is 11.2 Å². The number of H-pyrrole nitrogens is 1. The minimum absolute atomic E-state index is 0.102. The summed E-state index contributed by atoms with van der Waals surface area (Å²) in [7, 11) is 0. The third kappa shape index (κ3) is 2.75. The van der Waals surface area contributed by atoms with E-state index in [9.17, 15) is 14.7 Å². The van der Waals surface area contributed by atoms with Crippen LogP contribution in [0.3, 0.4) is 0 Å². The van der Waals surface area contributed by atoms with Crippen LogP contribution >= 0.6 is 0 Å². The number of rotatable bonds is 3. The maximum atomic E-state index is 11.8. The van der Waals surface area contributed by atoms with E-state index in [0.29, 0.717) is 0 Å². The Morgan fingerprint density at radius 3 is 2.90 bits per heavy atom. The van der Waals surface area contributed by atoms with Crippen molar-refractivity contribution in [3.63, 3.8) is 0 Å². The van der Waals surface area contributed by atoms with Gasteiger partial charge in [0.05, 0.1) is 12.7 Å². The van der Waals surface area contributed by atoms with Gasteiger partial charge in [0.1, 0.15) is 12.3 Å². The third-order valence-electron chi connectivity index (χ3n) is 3.12. The second-order valence-corrected chi connectivity index (χ2v) is 4.43. The zero-order chi connectivity index (χ0) is 14.7. The number of aliphatic hydroxyl groups is 2. The Labute approximate surface area is 113 Å². The molecule has 1 aromatic rings. The van der Waals surface area contributed by atoms with E-state index in [4.69, 9.17) is 15.6 Å². The number of nitrogens with two attached hydrogens (primary N) is 1. The Balaban J connectivity index is 2.34. The summed E-state index contributed by atoms with van der Waals surface area (Å²) in [5, 5.41) is 18.7. The molecule has 5 N–H and O–H groups in total. The van der Waals surface area contributed by atoms with Gasteiger partial charge in [0.15, 0.2) is 0 Å². The van der Waals surface area contributed by atoms with Crippen LogP contribution in [0, 0.1) is 12.0 Å². The van der Waals surface area contributed by atoms with Crippen molar-refractivity contribution in [2.24, 2.45) is 5.73 Å². The Morgan fingerprint density at radius 2 is 2.30 bits per heavy atom. The molecule has 3 atom stereocenters. The van der Waals surface area contributed by atoms with E-state index in [1.54, 1.807) is 0 Å². The highest BCUT2D eigenvalue weighted by molar-refractivity contribution is 5.14. The number of hydrogen-bond acceptors (Lipinski definition) is 6. The van der Waals surface area contributed by atoms with Gasteiger partial charge in [-0.15, -0.1) is 0 Å². The molecule has 8 nitrogen and oxygen atoms in total. The van der Waals surface area contributed by atoms with E-state index in [2.05, 4.69) is 16.9 Å². The molecule has 108 valence electrons. The Morgan fingerprint density at radius 1 is 1.55 bits per heavy atom. The fourth-order valence-electron chi connectivity index (χ4n) is 2.06. The van der Waals surface area contributed by atoms with Crippen LogP contribution in [0.15, 0.2) is 15.8 Å². The zero-order valence-electron chi connectivity index (χ0n) is 10.6. The van der Waals surface area contributed by atoms with E-state index in [-0.39, 0.29) is 25.0 Å². The van der Waals surface area contributed by atoms with Gasteiger partial charge in [-0.25, -0.2) is 4.79 Å². The van der Waals surface area contributed by atoms with Crippen LogP contribution in [0.2, 0.25) is 0 Å². The normalized spacial score (nSPS) is 25.2. The minimum Gasteiger partial charge on any atom is -0.394 e. The number of aliphatic hydroxyl groups excluding tert-OH is 2. The molecule has 0 saturated carbocycles. The molecule has 8 heteroatoms. The average Bonchev–Trinajstić information content (AvgIpc) is 2.79. The number of aromatic nitrogens is 2. The summed E-state index contributed by atoms with van der Waals surface area (Å²) in [6, 6.07) is 2.18. The summed E-state index contributed by atoms with van der Waals surface area (Å²) in [4.78, 5) is 25.5. The molecule has 1 fully saturated rings. The topological polar surface area (TPSA) is 131 Å². The summed E-state index contributed by atoms with van der Waals surface area (Å²) < 4.78 is 6.54. The summed E-state index contributed by atoms with van der Waals surface area (Å²) in [6.07, 6.45) is -0.759. The minimum atomic E-state index is -0.865. The van der Waals surface area contributed by atoms with Crippen molar-refractivity contribution < 1.29 is 14.9 Å². The average molecular weight is 281 g/mol. The van der Waals surface area contributed by atoms with Gasteiger partial charge >= 0.3 is 5.69 Å². The Kier molecular flexibility index (Phi) is 4.24. The van der Waals surface area contributed by atoms with Crippen molar-refractivity contribution in [3.8, 4) is 12.0 Å². The van der Waals surface area contributed by atoms with Crippen LogP contribution in [0.25, 0.3) is 0 Å². The van der Waals surface area contributed by atoms with Crippen LogP contribution < -0.4 is 17.0 Å². The standard InChI is InChI=1S/C12H15N3O5/c13-3-1-2-7-5-15(12(19)14-11(7)18)10-4-8(17)9(6-16)20-10/h5,8-10,16-17H,2,4,6,13H2,(H,14,18,19)/t8-,9+,10+/m0/s1. The van der Waals surface area contributed by atoms with Crippen LogP contribution in [0.1, 0.15) is 18.2 Å². The quantitative estimate of drug-likeness (QED) is 0.362. The molecule has 1 aliphatic rings. The van der Waals surface area contributed by atoms with E-state index >= 15 is 0 Å². The predicted molar refractivity (Wildman–Crippen MR) is 68.6 cm³/mol. The molecule has 0 aliphatic carbocycles. The number of nitrogens with zero attached hydrogens (tertiary/aromatic N) is 1. The zero-order valence-corrected chi connectivity index (χ0v) is 10.6. The fourth-order valence-corrected chi connectivity index (χ4v) is 2.06. The lowest BCUT2D eigenvalue weighted by atomic mass is 10.2. The van der Waals surface area contributed by atoms with Gasteiger partial charge in [-0.2, -0.15) is 0 Å². The summed E-state index contributed by atoms with van der Waals surface area (Å²) in [5.41, 5.74) is 4.14. The lowest BCUT2D eigenvalue weighted by Gasteiger charge is -2.14. The number of nitrogens with one attached hydrogen (secondary N) is 1. The molecule has 2 rings (SSSR count). The molecular weight excluding hydrogens is 266 g/mol. The molecule has 2 heterocycles. The van der Waals surface area contributed by atoms with Crippen molar-refractivity contribution in [2.45, 2.75) is 31.3 Å². The molecular formula is C12H15N3O5. The summed E-state index contributed by atoms with van der Waals surface area (Å²) in [5.74, 6) is 2.53. The fraction of sp³-hybridized carbons (Fsp3) is 0.500. The van der Waals surface area contributed by atoms with Crippen LogP contribution in [0.4, 0.5) is 0 Å². The molecule has 0 unspecified atom stereocenters. The molecule has 1 aromatic heterocycles. The van der Waals surface area contributed by atoms with Gasteiger partial charge in [0.2, 0.25) is 0 Å². The lowest BCUT2D eigenvalue weighted by molar-refractivity contribution is -0.0459. The smallest absolute Gasteiger partial charge is 0.330 e. The molecule has 0 radical (unpaired) electrons. The Hall–Kier alpha value is -2.08. The van der Waals surface area contributed by atoms with Crippen molar-refractivity contribution >= 4 is 0 Å². The van der Waals surface area contributed by atoms with Gasteiger partial charge < -0.3 is 20.7 Å². The first-order valence-electron chi connectivity index (χ1n) is 6.04. The molecule has 0 amide bonds. The van der Waals surface area contributed by atoms with E-state index in [1.807, 2.05) is 0 Å². The lowest BCUT2D eigenvalue weighted by Crippen LogP contribution is -2.34. The first kappa shape index (κ1) is 14.3. The monoisotopic (exact) mass is 281 g/mol. The number of hydrogen-bond donors (Lipinski definition) is 4. The first-order valence-corrected chi connectivity index (χ1v) is 6.04. The van der Waals surface area contributed by atoms with E-state index in [1.165, 1.54) is 10.8 Å². The predicted octanol–water partition coefficient (Wildman–Crippen LogP) is -2.36. The molecule has 0 aromatic carbocycles. The van der Waals surface area contributed by atoms with E-state index in [0.717, 1.165) is 0 Å². The maximum Gasteiger partial charge on any atom is 0.330 e. The molecule has 1 saturated heterocycles. The molecule has 1 aliphatic heterocycles. The SMILES string of the molecule is NC#CCc1cn([C@H]2C[C@H](O)[C@@H](CO)O2)c(=O)[nH]c1=O. The van der Waals surface area contributed by atoms with Crippen molar-refractivity contribution in [3.05, 3.63) is 32.6 Å². The summed E-state index contributed by atoms with van der Waals surface area (Å²) >= 11 is 0. The van der Waals surface area contributed by atoms with Crippen molar-refractivity contribution in [1.29, 1.82) is 0 Å². The third-order valence-corrected chi connectivity index (χ3v) is 3.12. The second-order valence-electron chi connectivity index (χ2n) is 4.43. The molecule has 0 spiro atoms. The largest absolute Gasteiger partial charge is 0.394 e. The van der Waals surface area contributed by atoms with Crippen LogP contribution in [0.5, 0.6) is 0 Å². The van der Waals surface area contributed by atoms with Gasteiger partial charge in [0.25, 0.3) is 5.56 Å². The van der Waals surface area contributed by atoms with Gasteiger partial charge in [0, 0.05) is 30.6 Å². The second kappa shape index (κ2) is 5.92. The first-order chi connectivity index (χ1) is 9.56. The van der Waals surface area contributed by atoms with Gasteiger partial charge in [-0.3, -0.25) is 14.3 Å². The summed E-state index contributed by atoms with van der Waals surface area (Å²) in [6.45, 7) is -0.346.